The van der Waals surface area contributed by atoms with Gasteiger partial charge >= 0.3 is 0 Å². The molecule has 22 atom stereocenters. The Bertz CT molecular complexity index is 1270. The highest BCUT2D eigenvalue weighted by Crippen LogP contribution is 2.71. The largest absolute Gasteiger partial charge is 0.394 e. The number of aliphatic hydroxyl groups is 9. The Hall–Kier alpha value is -0.560. The Kier molecular flexibility index (Phi) is 11.5. The number of hydrogen-bond donors (Lipinski definition) is 9. The average molecular weight is 759 g/mol. The van der Waals surface area contributed by atoms with E-state index in [1.165, 1.54) is 0 Å². The Morgan fingerprint density at radius 1 is 0.717 bits per heavy atom. The first-order valence-corrected chi connectivity index (χ1v) is 20.3. The highest BCUT2D eigenvalue weighted by Gasteiger charge is 2.71. The van der Waals surface area contributed by atoms with Gasteiger partial charge in [-0.1, -0.05) is 34.6 Å². The van der Waals surface area contributed by atoms with Gasteiger partial charge in [0.1, 0.15) is 48.8 Å². The molecular weight excluding hydrogens is 692 g/mol. The monoisotopic (exact) mass is 758 g/mol. The number of hydrogen-bond acceptors (Lipinski definition) is 14. The predicted molar refractivity (Wildman–Crippen MR) is 186 cm³/mol. The molecule has 4 aliphatic carbocycles. The smallest absolute Gasteiger partial charge is 0.187 e. The maximum Gasteiger partial charge on any atom is 0.187 e. The molecule has 0 aromatic carbocycles. The summed E-state index contributed by atoms with van der Waals surface area (Å²) >= 11 is 0. The molecule has 7 rings (SSSR count). The van der Waals surface area contributed by atoms with Crippen LogP contribution >= 0.6 is 0 Å². The van der Waals surface area contributed by atoms with E-state index in [-0.39, 0.29) is 40.8 Å². The molecule has 14 heteroatoms. The summed E-state index contributed by atoms with van der Waals surface area (Å²) in [6.07, 6.45) is -8.50. The van der Waals surface area contributed by atoms with Gasteiger partial charge in [-0.2, -0.15) is 0 Å². The molecule has 0 radical (unpaired) electrons. The molecule has 306 valence electrons. The fraction of sp³-hybridized carbons (Fsp3) is 1.00. The van der Waals surface area contributed by atoms with Crippen molar-refractivity contribution in [1.29, 1.82) is 0 Å². The molecule has 0 unspecified atom stereocenters. The van der Waals surface area contributed by atoms with Crippen LogP contribution in [-0.2, 0) is 23.7 Å². The summed E-state index contributed by atoms with van der Waals surface area (Å²) in [5.74, 6) is 0.445. The van der Waals surface area contributed by atoms with Crippen LogP contribution in [0.1, 0.15) is 92.4 Å². The van der Waals surface area contributed by atoms with Crippen LogP contribution in [0.25, 0.3) is 0 Å². The van der Waals surface area contributed by atoms with Crippen LogP contribution in [0.2, 0.25) is 0 Å². The van der Waals surface area contributed by atoms with E-state index in [1.807, 2.05) is 0 Å². The zero-order valence-electron chi connectivity index (χ0n) is 31.9. The normalized spacial score (nSPS) is 56.8. The Balaban J connectivity index is 1.04. The second-order valence-corrected chi connectivity index (χ2v) is 18.8. The van der Waals surface area contributed by atoms with Crippen molar-refractivity contribution in [1.82, 2.24) is 0 Å². The first-order valence-electron chi connectivity index (χ1n) is 20.3. The molecule has 3 saturated heterocycles. The first kappa shape index (κ1) is 40.6. The summed E-state index contributed by atoms with van der Waals surface area (Å²) in [4.78, 5) is 0. The predicted octanol–water partition coefficient (Wildman–Crippen LogP) is 0.395. The lowest BCUT2D eigenvalue weighted by Gasteiger charge is -2.61. The van der Waals surface area contributed by atoms with Gasteiger partial charge in [0.25, 0.3) is 0 Å². The fourth-order valence-corrected chi connectivity index (χ4v) is 12.7. The van der Waals surface area contributed by atoms with E-state index in [9.17, 15) is 46.0 Å². The van der Waals surface area contributed by atoms with E-state index < -0.39 is 86.5 Å². The van der Waals surface area contributed by atoms with Gasteiger partial charge < -0.3 is 69.6 Å². The third-order valence-corrected chi connectivity index (χ3v) is 15.7. The van der Waals surface area contributed by atoms with E-state index in [0.29, 0.717) is 42.9 Å². The van der Waals surface area contributed by atoms with E-state index in [0.717, 1.165) is 38.5 Å². The summed E-state index contributed by atoms with van der Waals surface area (Å²) in [6.45, 7) is 9.90. The van der Waals surface area contributed by atoms with E-state index >= 15 is 0 Å². The molecule has 53 heavy (non-hydrogen) atoms. The Labute approximate surface area is 312 Å². The van der Waals surface area contributed by atoms with Crippen molar-refractivity contribution >= 4 is 0 Å². The minimum absolute atomic E-state index is 0.00892. The quantitative estimate of drug-likeness (QED) is 0.145. The fourth-order valence-electron chi connectivity index (χ4n) is 12.7. The third-order valence-electron chi connectivity index (χ3n) is 15.7. The summed E-state index contributed by atoms with van der Waals surface area (Å²) in [5, 5.41) is 96.3. The molecule has 14 nitrogen and oxygen atoms in total. The van der Waals surface area contributed by atoms with Crippen molar-refractivity contribution in [2.45, 2.75) is 178 Å². The summed E-state index contributed by atoms with van der Waals surface area (Å²) < 4.78 is 30.4. The minimum Gasteiger partial charge on any atom is -0.394 e. The molecule has 0 aromatic heterocycles. The van der Waals surface area contributed by atoms with Crippen LogP contribution in [0.4, 0.5) is 0 Å². The number of rotatable bonds is 9. The number of ether oxygens (including phenoxy) is 5. The summed E-state index contributed by atoms with van der Waals surface area (Å²) in [6, 6.07) is 0. The number of aliphatic hydroxyl groups excluding tert-OH is 8. The maximum absolute atomic E-state index is 12.0. The molecule has 0 amide bonds. The van der Waals surface area contributed by atoms with Gasteiger partial charge in [-0.15, -0.1) is 0 Å². The second kappa shape index (κ2) is 15.0. The molecule has 9 N–H and O–H groups in total. The van der Waals surface area contributed by atoms with E-state index in [2.05, 4.69) is 34.6 Å². The van der Waals surface area contributed by atoms with Crippen LogP contribution in [0.3, 0.4) is 0 Å². The standard InChI is InChI=1S/C39H66O14/c1-17(2)8-13-39(48)18(3)25-33(53-39)29(44)26-21-7-6-19-14-20(9-11-37(19,4)22(21)10-12-38(25,26)5)49-36-34(31(46)28(43)24(16-41)51-36)52-35-32(47)30(45)27(42)23(15-40)50-35/h17-36,40-48H,6-16H2,1-5H3/t18-,19+,20-,21+,22-,23+,24+,25-,26-,27-,28+,29+,30-,31-,32+,33+,34+,35-,36+,37+,38-,39-/m0/s1. The summed E-state index contributed by atoms with van der Waals surface area (Å²) in [7, 11) is 0. The minimum atomic E-state index is -1.74. The molecule has 3 heterocycles. The first-order chi connectivity index (χ1) is 25.0. The van der Waals surface area contributed by atoms with Crippen molar-refractivity contribution in [3.05, 3.63) is 0 Å². The van der Waals surface area contributed by atoms with Gasteiger partial charge in [0.05, 0.1) is 31.5 Å². The van der Waals surface area contributed by atoms with Crippen LogP contribution in [-0.4, -0.2) is 145 Å². The van der Waals surface area contributed by atoms with Crippen molar-refractivity contribution in [3.63, 3.8) is 0 Å². The zero-order valence-corrected chi connectivity index (χ0v) is 31.9. The lowest BCUT2D eigenvalue weighted by molar-refractivity contribution is -0.373. The molecule has 0 spiro atoms. The molecule has 0 aromatic rings. The van der Waals surface area contributed by atoms with Crippen LogP contribution < -0.4 is 0 Å². The molecule has 7 fully saturated rings. The van der Waals surface area contributed by atoms with Gasteiger partial charge in [-0.3, -0.25) is 0 Å². The Morgan fingerprint density at radius 3 is 2.02 bits per heavy atom. The summed E-state index contributed by atoms with van der Waals surface area (Å²) in [5.41, 5.74) is -0.117. The SMILES string of the molecule is CC(C)CC[C@]1(O)O[C@H]2[C@H](O)[C@@H]3[C@@H]4CC[C@@H]5C[C@@H](O[C@@H]6O[C@H](CO)[C@@H](O)[C@H](O)[C@H]6O[C@@H]6O[C@H](CO)[C@H](O)[C@H](O)[C@H]6O)CC[C@@]5(C)[C@H]4CC[C@@]3(C)[C@H]2[C@@H]1C. The van der Waals surface area contributed by atoms with Crippen LogP contribution in [0, 0.1) is 52.3 Å². The molecule has 0 bridgehead atoms. The van der Waals surface area contributed by atoms with Crippen molar-refractivity contribution < 1.29 is 69.6 Å². The van der Waals surface area contributed by atoms with Crippen molar-refractivity contribution in [2.24, 2.45) is 52.3 Å². The van der Waals surface area contributed by atoms with Crippen molar-refractivity contribution in [3.8, 4) is 0 Å². The van der Waals surface area contributed by atoms with Crippen molar-refractivity contribution in [2.75, 3.05) is 13.2 Å². The lowest BCUT2D eigenvalue weighted by Crippen LogP contribution is -2.65. The average Bonchev–Trinajstić information content (AvgIpc) is 3.52. The van der Waals surface area contributed by atoms with Gasteiger partial charge in [0, 0.05) is 18.3 Å². The highest BCUT2D eigenvalue weighted by molar-refractivity contribution is 5.18. The molecular formula is C39H66O14. The van der Waals surface area contributed by atoms with Gasteiger partial charge in [0.15, 0.2) is 18.4 Å². The van der Waals surface area contributed by atoms with Gasteiger partial charge in [-0.25, -0.2) is 0 Å². The maximum atomic E-state index is 12.0. The highest BCUT2D eigenvalue weighted by atomic mass is 16.8. The second-order valence-electron chi connectivity index (χ2n) is 18.8. The lowest BCUT2D eigenvalue weighted by atomic mass is 9.44. The topological polar surface area (TPSA) is 228 Å². The van der Waals surface area contributed by atoms with Crippen LogP contribution in [0.15, 0.2) is 0 Å². The van der Waals surface area contributed by atoms with Gasteiger partial charge in [0.2, 0.25) is 0 Å². The number of fused-ring (bicyclic) bond motifs is 7. The third kappa shape index (κ3) is 6.66. The zero-order chi connectivity index (χ0) is 38.4. The van der Waals surface area contributed by atoms with Gasteiger partial charge in [-0.05, 0) is 91.8 Å². The van der Waals surface area contributed by atoms with E-state index in [1.54, 1.807) is 0 Å². The Morgan fingerprint density at radius 2 is 1.36 bits per heavy atom. The molecule has 7 aliphatic rings. The molecule has 3 aliphatic heterocycles. The van der Waals surface area contributed by atoms with E-state index in [4.69, 9.17) is 23.7 Å². The van der Waals surface area contributed by atoms with Crippen LogP contribution in [0.5, 0.6) is 0 Å². The molecule has 4 saturated carbocycles.